The molecule has 5 nitrogen and oxygen atoms in total. The van der Waals surface area contributed by atoms with Crippen molar-refractivity contribution in [2.24, 2.45) is 11.0 Å². The van der Waals surface area contributed by atoms with Gasteiger partial charge in [0, 0.05) is 22.9 Å². The lowest BCUT2D eigenvalue weighted by Crippen LogP contribution is -2.37. The molecule has 0 N–H and O–H groups in total. The first-order valence-electron chi connectivity index (χ1n) is 6.09. The maximum atomic E-state index is 12.2. The maximum Gasteiger partial charge on any atom is 0.263 e. The summed E-state index contributed by atoms with van der Waals surface area (Å²) in [6.45, 7) is 4.25. The molecule has 1 aromatic rings. The molecule has 18 heavy (non-hydrogen) atoms. The van der Waals surface area contributed by atoms with Gasteiger partial charge in [-0.05, 0) is 36.4 Å². The third kappa shape index (κ3) is 3.03. The highest BCUT2D eigenvalue weighted by molar-refractivity contribution is 7.14. The molecule has 6 heteroatoms. The Balaban J connectivity index is 2.00. The first-order valence-corrected chi connectivity index (χ1v) is 6.91. The van der Waals surface area contributed by atoms with E-state index in [4.69, 9.17) is 5.53 Å². The van der Waals surface area contributed by atoms with Gasteiger partial charge < -0.3 is 4.90 Å². The van der Waals surface area contributed by atoms with E-state index in [2.05, 4.69) is 16.9 Å². The summed E-state index contributed by atoms with van der Waals surface area (Å²) >= 11 is 1.42. The number of amides is 1. The van der Waals surface area contributed by atoms with Gasteiger partial charge in [0.15, 0.2) is 0 Å². The van der Waals surface area contributed by atoms with E-state index in [1.165, 1.54) is 11.3 Å². The van der Waals surface area contributed by atoms with Gasteiger partial charge in [0.1, 0.15) is 0 Å². The molecule has 1 aliphatic heterocycles. The molecule has 1 amide bonds. The predicted molar refractivity (Wildman–Crippen MR) is 71.5 cm³/mol. The maximum absolute atomic E-state index is 12.2. The average molecular weight is 264 g/mol. The van der Waals surface area contributed by atoms with Crippen LogP contribution in [0, 0.1) is 5.92 Å². The summed E-state index contributed by atoms with van der Waals surface area (Å²) < 4.78 is 0. The monoisotopic (exact) mass is 264 g/mol. The van der Waals surface area contributed by atoms with Crippen LogP contribution >= 0.6 is 11.3 Å². The Morgan fingerprint density at radius 1 is 1.56 bits per heavy atom. The zero-order chi connectivity index (χ0) is 13.0. The topological polar surface area (TPSA) is 69.1 Å². The number of carbonyl (C=O) groups is 1. The largest absolute Gasteiger partial charge is 0.338 e. The molecule has 0 atom stereocenters. The second-order valence-electron chi connectivity index (χ2n) is 4.63. The fourth-order valence-corrected chi connectivity index (χ4v) is 2.94. The van der Waals surface area contributed by atoms with E-state index in [1.807, 2.05) is 17.0 Å². The van der Waals surface area contributed by atoms with Gasteiger partial charge >= 0.3 is 0 Å². The normalized spacial score (nSPS) is 16.4. The van der Waals surface area contributed by atoms with Gasteiger partial charge in [-0.25, -0.2) is 0 Å². The van der Waals surface area contributed by atoms with Crippen LogP contribution in [0.15, 0.2) is 17.2 Å². The number of thiophene rings is 1. The molecule has 0 bridgehead atoms. The average Bonchev–Trinajstić information content (AvgIpc) is 2.85. The molecule has 0 radical (unpaired) electrons. The predicted octanol–water partition coefficient (Wildman–Crippen LogP) is 3.43. The summed E-state index contributed by atoms with van der Waals surface area (Å²) in [5, 5.41) is 3.50. The SMILES string of the molecule is CC1CCN(C(=O)c2ccc(CN=[N+]=[N-])s2)CC1. The lowest BCUT2D eigenvalue weighted by molar-refractivity contribution is 0.0702. The third-order valence-electron chi connectivity index (χ3n) is 3.23. The van der Waals surface area contributed by atoms with Gasteiger partial charge in [-0.2, -0.15) is 0 Å². The minimum Gasteiger partial charge on any atom is -0.338 e. The molecule has 1 aromatic heterocycles. The van der Waals surface area contributed by atoms with Gasteiger partial charge in [0.25, 0.3) is 5.91 Å². The number of nitrogens with zero attached hydrogens (tertiary/aromatic N) is 4. The fourth-order valence-electron chi connectivity index (χ4n) is 2.05. The van der Waals surface area contributed by atoms with Gasteiger partial charge in [0.2, 0.25) is 0 Å². The van der Waals surface area contributed by atoms with Crippen molar-refractivity contribution in [2.75, 3.05) is 13.1 Å². The molecule has 1 fully saturated rings. The second-order valence-corrected chi connectivity index (χ2v) is 5.80. The van der Waals surface area contributed by atoms with Crippen LogP contribution in [-0.4, -0.2) is 23.9 Å². The first-order chi connectivity index (χ1) is 8.70. The Morgan fingerprint density at radius 3 is 2.94 bits per heavy atom. The smallest absolute Gasteiger partial charge is 0.263 e. The van der Waals surface area contributed by atoms with Gasteiger partial charge in [-0.1, -0.05) is 12.0 Å². The number of carbonyl (C=O) groups excluding carboxylic acids is 1. The van der Waals surface area contributed by atoms with E-state index in [1.54, 1.807) is 0 Å². The van der Waals surface area contributed by atoms with E-state index >= 15 is 0 Å². The molecular formula is C12H16N4OS. The van der Waals surface area contributed by atoms with Crippen LogP contribution in [0.4, 0.5) is 0 Å². The number of hydrogen-bond acceptors (Lipinski definition) is 3. The van der Waals surface area contributed by atoms with E-state index in [0.29, 0.717) is 6.54 Å². The van der Waals surface area contributed by atoms with Crippen molar-refractivity contribution in [3.63, 3.8) is 0 Å². The third-order valence-corrected chi connectivity index (χ3v) is 4.29. The molecule has 1 saturated heterocycles. The molecule has 0 aliphatic carbocycles. The highest BCUT2D eigenvalue weighted by Crippen LogP contribution is 2.22. The summed E-state index contributed by atoms with van der Waals surface area (Å²) in [5.74, 6) is 0.831. The van der Waals surface area contributed by atoms with E-state index < -0.39 is 0 Å². The minimum atomic E-state index is 0.110. The molecule has 2 heterocycles. The summed E-state index contributed by atoms with van der Waals surface area (Å²) in [6.07, 6.45) is 2.17. The molecule has 0 saturated carbocycles. The lowest BCUT2D eigenvalue weighted by Gasteiger charge is -2.29. The summed E-state index contributed by atoms with van der Waals surface area (Å²) in [5.41, 5.74) is 8.26. The van der Waals surface area contributed by atoms with Crippen LogP contribution in [-0.2, 0) is 6.54 Å². The Kier molecular flexibility index (Phi) is 4.23. The van der Waals surface area contributed by atoms with Gasteiger partial charge in [-0.15, -0.1) is 11.3 Å². The molecule has 1 aliphatic rings. The zero-order valence-electron chi connectivity index (χ0n) is 10.4. The fraction of sp³-hybridized carbons (Fsp3) is 0.583. The van der Waals surface area contributed by atoms with Gasteiger partial charge in [0.05, 0.1) is 11.4 Å². The van der Waals surface area contributed by atoms with Crippen LogP contribution < -0.4 is 0 Å². The van der Waals surface area contributed by atoms with E-state index in [-0.39, 0.29) is 5.91 Å². The highest BCUT2D eigenvalue weighted by Gasteiger charge is 2.22. The van der Waals surface area contributed by atoms with E-state index in [9.17, 15) is 4.79 Å². The Labute approximate surface area is 110 Å². The number of rotatable bonds is 3. The summed E-state index contributed by atoms with van der Waals surface area (Å²) in [6, 6.07) is 3.69. The number of azide groups is 1. The summed E-state index contributed by atoms with van der Waals surface area (Å²) in [7, 11) is 0. The Hall–Kier alpha value is -1.52. The highest BCUT2D eigenvalue weighted by atomic mass is 32.1. The quantitative estimate of drug-likeness (QED) is 0.468. The number of likely N-dealkylation sites (tertiary alicyclic amines) is 1. The van der Waals surface area contributed by atoms with E-state index in [0.717, 1.165) is 41.6 Å². The zero-order valence-corrected chi connectivity index (χ0v) is 11.2. The van der Waals surface area contributed by atoms with Crippen molar-refractivity contribution in [1.82, 2.24) is 4.90 Å². The first kappa shape index (κ1) is 12.9. The standard InChI is InChI=1S/C12H16N4OS/c1-9-4-6-16(7-5-9)12(17)11-3-2-10(18-11)8-14-15-13/h2-3,9H,4-8H2,1H3. The minimum absolute atomic E-state index is 0.110. The second kappa shape index (κ2) is 5.89. The van der Waals surface area contributed by atoms with Crippen molar-refractivity contribution in [3.8, 4) is 0 Å². The Bertz CT molecular complexity index is 470. The van der Waals surface area contributed by atoms with Crippen LogP contribution in [0.1, 0.15) is 34.3 Å². The van der Waals surface area contributed by atoms with Crippen LogP contribution in [0.3, 0.4) is 0 Å². The molecule has 0 unspecified atom stereocenters. The number of piperidine rings is 1. The van der Waals surface area contributed by atoms with Crippen molar-refractivity contribution in [3.05, 3.63) is 32.3 Å². The van der Waals surface area contributed by atoms with Crippen molar-refractivity contribution >= 4 is 17.2 Å². The van der Waals surface area contributed by atoms with Crippen molar-refractivity contribution in [2.45, 2.75) is 26.3 Å². The molecule has 0 spiro atoms. The molecule has 96 valence electrons. The van der Waals surface area contributed by atoms with Crippen molar-refractivity contribution in [1.29, 1.82) is 0 Å². The van der Waals surface area contributed by atoms with Crippen molar-refractivity contribution < 1.29 is 4.79 Å². The van der Waals surface area contributed by atoms with Crippen LogP contribution in [0.5, 0.6) is 0 Å². The summed E-state index contributed by atoms with van der Waals surface area (Å²) in [4.78, 5) is 18.5. The molecule has 0 aromatic carbocycles. The number of hydrogen-bond donors (Lipinski definition) is 0. The lowest BCUT2D eigenvalue weighted by atomic mass is 9.99. The molecule has 2 rings (SSSR count). The molecular weight excluding hydrogens is 248 g/mol. The Morgan fingerprint density at radius 2 is 2.28 bits per heavy atom. The van der Waals surface area contributed by atoms with Crippen LogP contribution in [0.2, 0.25) is 0 Å². The van der Waals surface area contributed by atoms with Gasteiger partial charge in [-0.3, -0.25) is 4.79 Å². The van der Waals surface area contributed by atoms with Crippen LogP contribution in [0.25, 0.3) is 10.4 Å².